The smallest absolute Gasteiger partial charge is 0.224 e. The van der Waals surface area contributed by atoms with E-state index < -0.39 is 0 Å². The molecular weight excluding hydrogens is 308 g/mol. The zero-order valence-corrected chi connectivity index (χ0v) is 14.3. The van der Waals surface area contributed by atoms with Crippen LogP contribution in [0.1, 0.15) is 32.3 Å². The van der Waals surface area contributed by atoms with Crippen molar-refractivity contribution >= 4 is 34.5 Å². The molecule has 1 aromatic carbocycles. The average Bonchev–Trinajstić information content (AvgIpc) is 3.00. The summed E-state index contributed by atoms with van der Waals surface area (Å²) in [6.45, 7) is 4.02. The summed E-state index contributed by atoms with van der Waals surface area (Å²) in [5.74, 6) is 0.331. The van der Waals surface area contributed by atoms with Crippen LogP contribution in [0.15, 0.2) is 41.1 Å². The van der Waals surface area contributed by atoms with Crippen molar-refractivity contribution in [3.63, 3.8) is 0 Å². The number of hydrogen-bond donors (Lipinski definition) is 2. The molecule has 0 aliphatic heterocycles. The van der Waals surface area contributed by atoms with Gasteiger partial charge in [0, 0.05) is 24.2 Å². The fraction of sp³-hybridized carbons (Fsp3) is 0.333. The van der Waals surface area contributed by atoms with Crippen molar-refractivity contribution in [2.45, 2.75) is 33.1 Å². The molecule has 2 rings (SSSR count). The molecule has 2 N–H and O–H groups in total. The number of benzene rings is 1. The van der Waals surface area contributed by atoms with Gasteiger partial charge < -0.3 is 10.6 Å². The Morgan fingerprint density at radius 1 is 1.00 bits per heavy atom. The van der Waals surface area contributed by atoms with Crippen LogP contribution in [0, 0.1) is 5.92 Å². The van der Waals surface area contributed by atoms with Gasteiger partial charge in [0.1, 0.15) is 0 Å². The predicted molar refractivity (Wildman–Crippen MR) is 95.8 cm³/mol. The Balaban J connectivity index is 1.80. The zero-order valence-electron chi connectivity index (χ0n) is 13.5. The summed E-state index contributed by atoms with van der Waals surface area (Å²) < 4.78 is 0. The third-order valence-corrected chi connectivity index (χ3v) is 4.00. The van der Waals surface area contributed by atoms with E-state index in [1.807, 2.05) is 25.3 Å². The van der Waals surface area contributed by atoms with Crippen LogP contribution in [0.25, 0.3) is 0 Å². The second-order valence-electron chi connectivity index (χ2n) is 5.90. The van der Waals surface area contributed by atoms with E-state index in [2.05, 4.69) is 16.0 Å². The molecule has 122 valence electrons. The van der Waals surface area contributed by atoms with Crippen LogP contribution in [0.3, 0.4) is 0 Å². The second-order valence-corrected chi connectivity index (χ2v) is 6.68. The Morgan fingerprint density at radius 3 is 2.13 bits per heavy atom. The van der Waals surface area contributed by atoms with Crippen molar-refractivity contribution in [2.75, 3.05) is 10.6 Å². The van der Waals surface area contributed by atoms with E-state index >= 15 is 0 Å². The molecule has 23 heavy (non-hydrogen) atoms. The molecule has 0 aliphatic rings. The van der Waals surface area contributed by atoms with Gasteiger partial charge in [-0.05, 0) is 59.0 Å². The van der Waals surface area contributed by atoms with Crippen molar-refractivity contribution in [1.29, 1.82) is 0 Å². The van der Waals surface area contributed by atoms with Crippen LogP contribution >= 0.6 is 11.3 Å². The minimum atomic E-state index is -0.00667. The van der Waals surface area contributed by atoms with Crippen molar-refractivity contribution in [2.24, 2.45) is 5.92 Å². The van der Waals surface area contributed by atoms with E-state index in [1.165, 1.54) is 5.56 Å². The van der Waals surface area contributed by atoms with E-state index in [1.54, 1.807) is 35.6 Å². The van der Waals surface area contributed by atoms with Crippen molar-refractivity contribution in [3.8, 4) is 0 Å². The first-order valence-electron chi connectivity index (χ1n) is 7.74. The number of aryl methyl sites for hydroxylation is 1. The number of carbonyl (C=O) groups is 2. The monoisotopic (exact) mass is 330 g/mol. The minimum absolute atomic E-state index is 0.00667. The van der Waals surface area contributed by atoms with Gasteiger partial charge in [-0.25, -0.2) is 0 Å². The summed E-state index contributed by atoms with van der Waals surface area (Å²) in [7, 11) is 0. The molecule has 2 amide bonds. The fourth-order valence-electron chi connectivity index (χ4n) is 2.14. The van der Waals surface area contributed by atoms with E-state index in [0.717, 1.165) is 17.8 Å². The van der Waals surface area contributed by atoms with Crippen LogP contribution in [-0.2, 0) is 16.0 Å². The van der Waals surface area contributed by atoms with Gasteiger partial charge in [-0.3, -0.25) is 9.59 Å². The van der Waals surface area contributed by atoms with Crippen LogP contribution < -0.4 is 10.6 Å². The molecule has 0 spiro atoms. The minimum Gasteiger partial charge on any atom is -0.326 e. The molecule has 1 aromatic heterocycles. The first kappa shape index (κ1) is 17.2. The topological polar surface area (TPSA) is 58.2 Å². The van der Waals surface area contributed by atoms with Gasteiger partial charge in [0.2, 0.25) is 11.8 Å². The first-order chi connectivity index (χ1) is 11.0. The number of anilines is 2. The van der Waals surface area contributed by atoms with Crippen molar-refractivity contribution in [1.82, 2.24) is 0 Å². The molecule has 5 heteroatoms. The van der Waals surface area contributed by atoms with E-state index in [4.69, 9.17) is 0 Å². The SMILES string of the molecule is CC(C)CC(=O)Nc1ccc(NC(=O)CCc2ccsc2)cc1. The number of thiophene rings is 1. The largest absolute Gasteiger partial charge is 0.326 e. The van der Waals surface area contributed by atoms with Crippen LogP contribution in [0.2, 0.25) is 0 Å². The summed E-state index contributed by atoms with van der Waals surface area (Å²) in [6, 6.07) is 9.23. The molecular formula is C18H22N2O2S. The lowest BCUT2D eigenvalue weighted by molar-refractivity contribution is -0.117. The maximum atomic E-state index is 11.9. The highest BCUT2D eigenvalue weighted by atomic mass is 32.1. The molecule has 0 radical (unpaired) electrons. The Hall–Kier alpha value is -2.14. The summed E-state index contributed by atoms with van der Waals surface area (Å²) in [5.41, 5.74) is 2.67. The Bertz CT molecular complexity index is 634. The number of hydrogen-bond acceptors (Lipinski definition) is 3. The standard InChI is InChI=1S/C18H22N2O2S/c1-13(2)11-18(22)20-16-6-4-15(5-7-16)19-17(21)8-3-14-9-10-23-12-14/h4-7,9-10,12-13H,3,8,11H2,1-2H3,(H,19,21)(H,20,22). The number of nitrogens with one attached hydrogen (secondary N) is 2. The molecule has 1 heterocycles. The van der Waals surface area contributed by atoms with Crippen LogP contribution in [0.4, 0.5) is 11.4 Å². The lowest BCUT2D eigenvalue weighted by Crippen LogP contribution is -2.14. The quantitative estimate of drug-likeness (QED) is 0.795. The van der Waals surface area contributed by atoms with Crippen molar-refractivity contribution in [3.05, 3.63) is 46.7 Å². The normalized spacial score (nSPS) is 10.6. The van der Waals surface area contributed by atoms with Gasteiger partial charge in [0.25, 0.3) is 0 Å². The van der Waals surface area contributed by atoms with Gasteiger partial charge >= 0.3 is 0 Å². The zero-order chi connectivity index (χ0) is 16.7. The van der Waals surface area contributed by atoms with Gasteiger partial charge in [0.05, 0.1) is 0 Å². The first-order valence-corrected chi connectivity index (χ1v) is 8.68. The number of rotatable bonds is 7. The molecule has 0 bridgehead atoms. The summed E-state index contributed by atoms with van der Waals surface area (Å²) >= 11 is 1.64. The molecule has 0 fully saturated rings. The molecule has 2 aromatic rings. The van der Waals surface area contributed by atoms with Crippen molar-refractivity contribution < 1.29 is 9.59 Å². The van der Waals surface area contributed by atoms with E-state index in [-0.39, 0.29) is 11.8 Å². The fourth-order valence-corrected chi connectivity index (χ4v) is 2.84. The maximum absolute atomic E-state index is 11.9. The average molecular weight is 330 g/mol. The van der Waals surface area contributed by atoms with Gasteiger partial charge in [-0.15, -0.1) is 0 Å². The lowest BCUT2D eigenvalue weighted by Gasteiger charge is -2.09. The van der Waals surface area contributed by atoms with Gasteiger partial charge in [-0.1, -0.05) is 13.8 Å². The van der Waals surface area contributed by atoms with Crippen LogP contribution in [0.5, 0.6) is 0 Å². The Morgan fingerprint density at radius 2 is 1.61 bits per heavy atom. The van der Waals surface area contributed by atoms with E-state index in [9.17, 15) is 9.59 Å². The third kappa shape index (κ3) is 6.24. The van der Waals surface area contributed by atoms with Crippen LogP contribution in [-0.4, -0.2) is 11.8 Å². The van der Waals surface area contributed by atoms with Gasteiger partial charge in [-0.2, -0.15) is 11.3 Å². The summed E-state index contributed by atoms with van der Waals surface area (Å²) in [4.78, 5) is 23.6. The highest BCUT2D eigenvalue weighted by Crippen LogP contribution is 2.15. The Labute approximate surface area is 140 Å². The maximum Gasteiger partial charge on any atom is 0.224 e. The molecule has 0 unspecified atom stereocenters. The Kier molecular flexibility index (Phi) is 6.35. The molecule has 4 nitrogen and oxygen atoms in total. The number of carbonyl (C=O) groups excluding carboxylic acids is 2. The lowest BCUT2D eigenvalue weighted by atomic mass is 10.1. The second kappa shape index (κ2) is 8.48. The summed E-state index contributed by atoms with van der Waals surface area (Å²) in [5, 5.41) is 9.79. The highest BCUT2D eigenvalue weighted by Gasteiger charge is 2.06. The molecule has 0 saturated heterocycles. The van der Waals surface area contributed by atoms with E-state index in [0.29, 0.717) is 18.8 Å². The molecule has 0 saturated carbocycles. The number of amides is 2. The summed E-state index contributed by atoms with van der Waals surface area (Å²) in [6.07, 6.45) is 1.71. The van der Waals surface area contributed by atoms with Gasteiger partial charge in [0.15, 0.2) is 0 Å². The highest BCUT2D eigenvalue weighted by molar-refractivity contribution is 7.07. The third-order valence-electron chi connectivity index (χ3n) is 3.27. The molecule has 0 atom stereocenters. The predicted octanol–water partition coefficient (Wildman–Crippen LogP) is 4.30. The molecule has 0 aliphatic carbocycles.